The minimum Gasteiger partial charge on any atom is -0.489 e. The van der Waals surface area contributed by atoms with Crippen molar-refractivity contribution in [3.05, 3.63) is 65.7 Å². The van der Waals surface area contributed by atoms with E-state index in [4.69, 9.17) is 4.74 Å². The number of hydrogen-bond acceptors (Lipinski definition) is 3. The summed E-state index contributed by atoms with van der Waals surface area (Å²) in [4.78, 5) is 22.8. The molecule has 0 aliphatic carbocycles. The van der Waals surface area contributed by atoms with Gasteiger partial charge < -0.3 is 15.4 Å². The van der Waals surface area contributed by atoms with Crippen LogP contribution in [0.2, 0.25) is 0 Å². The molecule has 0 unspecified atom stereocenters. The van der Waals surface area contributed by atoms with Crippen LogP contribution in [0.15, 0.2) is 54.6 Å². The highest BCUT2D eigenvalue weighted by Gasteiger charge is 2.06. The van der Waals surface area contributed by atoms with Gasteiger partial charge in [0, 0.05) is 25.6 Å². The Morgan fingerprint density at radius 1 is 0.957 bits per heavy atom. The Bertz CT molecular complexity index is 656. The summed E-state index contributed by atoms with van der Waals surface area (Å²) in [5.41, 5.74) is 1.59. The number of rotatable bonds is 7. The molecule has 120 valence electrons. The van der Waals surface area contributed by atoms with E-state index in [1.54, 1.807) is 18.2 Å². The molecule has 2 aromatic rings. The van der Waals surface area contributed by atoms with Gasteiger partial charge in [0.15, 0.2) is 0 Å². The molecule has 5 heteroatoms. The maximum atomic E-state index is 12.0. The topological polar surface area (TPSA) is 67.4 Å². The number of nitrogens with one attached hydrogen (secondary N) is 2. The Hall–Kier alpha value is -2.82. The average Bonchev–Trinajstić information content (AvgIpc) is 2.58. The highest BCUT2D eigenvalue weighted by molar-refractivity contribution is 5.94. The zero-order chi connectivity index (χ0) is 16.5. The van der Waals surface area contributed by atoms with E-state index < -0.39 is 0 Å². The van der Waals surface area contributed by atoms with Crippen LogP contribution in [-0.4, -0.2) is 24.9 Å². The lowest BCUT2D eigenvalue weighted by Crippen LogP contribution is -2.33. The third-order valence-electron chi connectivity index (χ3n) is 3.13. The van der Waals surface area contributed by atoms with Crippen LogP contribution in [0.25, 0.3) is 0 Å². The quantitative estimate of drug-likeness (QED) is 0.770. The summed E-state index contributed by atoms with van der Waals surface area (Å²) >= 11 is 0. The van der Waals surface area contributed by atoms with Crippen LogP contribution in [0.1, 0.15) is 22.8 Å². The summed E-state index contributed by atoms with van der Waals surface area (Å²) in [5, 5.41) is 5.37. The van der Waals surface area contributed by atoms with Gasteiger partial charge in [-0.25, -0.2) is 0 Å². The SMILES string of the molecule is CC(=O)NCCNC(=O)c1cccc(OCc2ccccc2)c1. The van der Waals surface area contributed by atoms with Crippen molar-refractivity contribution in [1.29, 1.82) is 0 Å². The molecule has 0 heterocycles. The molecule has 0 atom stereocenters. The van der Waals surface area contributed by atoms with E-state index in [0.29, 0.717) is 31.0 Å². The van der Waals surface area contributed by atoms with Crippen LogP contribution in [0, 0.1) is 0 Å². The number of ether oxygens (including phenoxy) is 1. The normalized spacial score (nSPS) is 9.96. The Labute approximate surface area is 135 Å². The van der Waals surface area contributed by atoms with Crippen LogP contribution < -0.4 is 15.4 Å². The van der Waals surface area contributed by atoms with Crippen molar-refractivity contribution in [2.24, 2.45) is 0 Å². The highest BCUT2D eigenvalue weighted by atomic mass is 16.5. The molecule has 0 aliphatic heterocycles. The molecular formula is C18H20N2O3. The molecule has 2 aromatic carbocycles. The van der Waals surface area contributed by atoms with Gasteiger partial charge in [-0.3, -0.25) is 9.59 Å². The van der Waals surface area contributed by atoms with Gasteiger partial charge in [-0.15, -0.1) is 0 Å². The molecule has 0 radical (unpaired) electrons. The maximum Gasteiger partial charge on any atom is 0.251 e. The third-order valence-corrected chi connectivity index (χ3v) is 3.13. The van der Waals surface area contributed by atoms with Gasteiger partial charge in [0.25, 0.3) is 5.91 Å². The van der Waals surface area contributed by atoms with Crippen LogP contribution in [0.5, 0.6) is 5.75 Å². The predicted octanol–water partition coefficient (Wildman–Crippen LogP) is 2.13. The van der Waals surface area contributed by atoms with Crippen molar-refractivity contribution in [3.63, 3.8) is 0 Å². The van der Waals surface area contributed by atoms with Gasteiger partial charge in [0.2, 0.25) is 5.91 Å². The van der Waals surface area contributed by atoms with Crippen LogP contribution in [0.3, 0.4) is 0 Å². The number of carbonyl (C=O) groups is 2. The molecule has 0 saturated carbocycles. The van der Waals surface area contributed by atoms with Gasteiger partial charge in [0.05, 0.1) is 0 Å². The number of hydrogen-bond donors (Lipinski definition) is 2. The fraction of sp³-hybridized carbons (Fsp3) is 0.222. The van der Waals surface area contributed by atoms with Crippen molar-refractivity contribution in [3.8, 4) is 5.75 Å². The lowest BCUT2D eigenvalue weighted by atomic mass is 10.2. The van der Waals surface area contributed by atoms with Crippen molar-refractivity contribution in [2.45, 2.75) is 13.5 Å². The monoisotopic (exact) mass is 312 g/mol. The summed E-state index contributed by atoms with van der Waals surface area (Å²) in [6.07, 6.45) is 0. The summed E-state index contributed by atoms with van der Waals surface area (Å²) < 4.78 is 5.70. The van der Waals surface area contributed by atoms with Crippen LogP contribution >= 0.6 is 0 Å². The first-order valence-electron chi connectivity index (χ1n) is 7.44. The zero-order valence-electron chi connectivity index (χ0n) is 13.0. The second kappa shape index (κ2) is 8.58. The van der Waals surface area contributed by atoms with E-state index in [-0.39, 0.29) is 11.8 Å². The fourth-order valence-electron chi connectivity index (χ4n) is 1.98. The van der Waals surface area contributed by atoms with E-state index in [2.05, 4.69) is 10.6 Å². The molecule has 0 aliphatic rings. The maximum absolute atomic E-state index is 12.0. The minimum atomic E-state index is -0.194. The molecule has 0 aromatic heterocycles. The average molecular weight is 312 g/mol. The van der Waals surface area contributed by atoms with E-state index in [9.17, 15) is 9.59 Å². The standard InChI is InChI=1S/C18H20N2O3/c1-14(21)19-10-11-20-18(22)16-8-5-9-17(12-16)23-13-15-6-3-2-4-7-15/h2-9,12H,10-11,13H2,1H3,(H,19,21)(H,20,22). The third kappa shape index (κ3) is 5.82. The summed E-state index contributed by atoms with van der Waals surface area (Å²) in [6.45, 7) is 2.68. The number of amides is 2. The summed E-state index contributed by atoms with van der Waals surface area (Å²) in [6, 6.07) is 16.9. The summed E-state index contributed by atoms with van der Waals surface area (Å²) in [5.74, 6) is 0.333. The molecule has 0 fully saturated rings. The number of carbonyl (C=O) groups excluding carboxylic acids is 2. The first-order valence-corrected chi connectivity index (χ1v) is 7.44. The minimum absolute atomic E-state index is 0.115. The first kappa shape index (κ1) is 16.5. The highest BCUT2D eigenvalue weighted by Crippen LogP contribution is 2.15. The van der Waals surface area contributed by atoms with Crippen LogP contribution in [-0.2, 0) is 11.4 Å². The first-order chi connectivity index (χ1) is 11.1. The molecule has 5 nitrogen and oxygen atoms in total. The molecular weight excluding hydrogens is 292 g/mol. The second-order valence-electron chi connectivity index (χ2n) is 5.04. The Morgan fingerprint density at radius 3 is 2.43 bits per heavy atom. The molecule has 0 bridgehead atoms. The van der Waals surface area contributed by atoms with E-state index in [0.717, 1.165) is 5.56 Å². The van der Waals surface area contributed by atoms with E-state index in [1.165, 1.54) is 6.92 Å². The van der Waals surface area contributed by atoms with Gasteiger partial charge in [0.1, 0.15) is 12.4 Å². The molecule has 2 N–H and O–H groups in total. The fourth-order valence-corrected chi connectivity index (χ4v) is 1.98. The van der Waals surface area contributed by atoms with Gasteiger partial charge in [-0.1, -0.05) is 36.4 Å². The Balaban J connectivity index is 1.86. The van der Waals surface area contributed by atoms with Crippen molar-refractivity contribution < 1.29 is 14.3 Å². The van der Waals surface area contributed by atoms with E-state index in [1.807, 2.05) is 36.4 Å². The van der Waals surface area contributed by atoms with Gasteiger partial charge in [-0.2, -0.15) is 0 Å². The zero-order valence-corrected chi connectivity index (χ0v) is 13.0. The Kier molecular flexibility index (Phi) is 6.17. The van der Waals surface area contributed by atoms with Crippen molar-refractivity contribution in [1.82, 2.24) is 10.6 Å². The van der Waals surface area contributed by atoms with Crippen LogP contribution in [0.4, 0.5) is 0 Å². The lowest BCUT2D eigenvalue weighted by molar-refractivity contribution is -0.118. The molecule has 0 saturated heterocycles. The predicted molar refractivity (Wildman–Crippen MR) is 88.2 cm³/mol. The molecule has 2 rings (SSSR count). The molecule has 0 spiro atoms. The molecule has 23 heavy (non-hydrogen) atoms. The van der Waals surface area contributed by atoms with E-state index >= 15 is 0 Å². The smallest absolute Gasteiger partial charge is 0.251 e. The van der Waals surface area contributed by atoms with Crippen molar-refractivity contribution in [2.75, 3.05) is 13.1 Å². The lowest BCUT2D eigenvalue weighted by Gasteiger charge is -2.09. The second-order valence-corrected chi connectivity index (χ2v) is 5.04. The van der Waals surface area contributed by atoms with Crippen molar-refractivity contribution >= 4 is 11.8 Å². The largest absolute Gasteiger partial charge is 0.489 e. The summed E-state index contributed by atoms with van der Waals surface area (Å²) in [7, 11) is 0. The number of benzene rings is 2. The Morgan fingerprint density at radius 2 is 1.70 bits per heavy atom. The van der Waals surface area contributed by atoms with Gasteiger partial charge in [-0.05, 0) is 23.8 Å². The van der Waals surface area contributed by atoms with Gasteiger partial charge >= 0.3 is 0 Å². The molecule has 2 amide bonds.